The van der Waals surface area contributed by atoms with Crippen molar-refractivity contribution in [2.75, 3.05) is 19.5 Å². The van der Waals surface area contributed by atoms with E-state index < -0.39 is 0 Å². The van der Waals surface area contributed by atoms with Crippen LogP contribution in [-0.4, -0.2) is 40.3 Å². The number of benzene rings is 2. The number of rotatable bonds is 8. The standard InChI is InChI=1S/C25H24N4O3S/c1-16(24(30)27-19-12-14-26-15-13-19)33-25-28-22(17-4-8-20(31-2)9-5-17)23(29-25)18-6-10-21(32-3)11-7-18/h4-16H,1-3H3,(H,28,29)(H,26,27,30). The zero-order valence-corrected chi connectivity index (χ0v) is 19.3. The summed E-state index contributed by atoms with van der Waals surface area (Å²) in [6.45, 7) is 1.85. The van der Waals surface area contributed by atoms with Gasteiger partial charge in [0.25, 0.3) is 0 Å². The molecule has 0 aliphatic heterocycles. The average molecular weight is 461 g/mol. The average Bonchev–Trinajstić information content (AvgIpc) is 3.28. The van der Waals surface area contributed by atoms with Gasteiger partial charge in [-0.25, -0.2) is 4.98 Å². The molecule has 33 heavy (non-hydrogen) atoms. The molecule has 0 aliphatic rings. The molecule has 0 aliphatic carbocycles. The van der Waals surface area contributed by atoms with Crippen LogP contribution in [0.2, 0.25) is 0 Å². The summed E-state index contributed by atoms with van der Waals surface area (Å²) in [5.74, 6) is 1.44. The van der Waals surface area contributed by atoms with Gasteiger partial charge in [0.2, 0.25) is 5.91 Å². The fourth-order valence-electron chi connectivity index (χ4n) is 3.23. The lowest BCUT2D eigenvalue weighted by Gasteiger charge is -2.10. The number of nitrogens with zero attached hydrogens (tertiary/aromatic N) is 2. The molecule has 1 atom stereocenters. The molecule has 8 heteroatoms. The van der Waals surface area contributed by atoms with Gasteiger partial charge in [0.15, 0.2) is 5.16 Å². The summed E-state index contributed by atoms with van der Waals surface area (Å²) < 4.78 is 10.6. The zero-order chi connectivity index (χ0) is 23.2. The highest BCUT2D eigenvalue weighted by atomic mass is 32.2. The molecule has 0 saturated heterocycles. The van der Waals surface area contributed by atoms with Crippen LogP contribution >= 0.6 is 11.8 Å². The normalized spacial score (nSPS) is 11.6. The number of aromatic amines is 1. The van der Waals surface area contributed by atoms with Crippen molar-refractivity contribution in [3.63, 3.8) is 0 Å². The van der Waals surface area contributed by atoms with Crippen LogP contribution in [0.15, 0.2) is 78.2 Å². The van der Waals surface area contributed by atoms with Crippen molar-refractivity contribution in [3.8, 4) is 34.0 Å². The highest BCUT2D eigenvalue weighted by molar-refractivity contribution is 8.00. The van der Waals surface area contributed by atoms with Crippen LogP contribution < -0.4 is 14.8 Å². The van der Waals surface area contributed by atoms with Gasteiger partial charge in [-0.1, -0.05) is 11.8 Å². The summed E-state index contributed by atoms with van der Waals surface area (Å²) in [6, 6.07) is 19.0. The Morgan fingerprint density at radius 3 is 2.06 bits per heavy atom. The fraction of sp³-hybridized carbons (Fsp3) is 0.160. The summed E-state index contributed by atoms with van der Waals surface area (Å²) in [5.41, 5.74) is 4.28. The number of thioether (sulfide) groups is 1. The van der Waals surface area contributed by atoms with Crippen LogP contribution in [0.3, 0.4) is 0 Å². The van der Waals surface area contributed by atoms with E-state index in [-0.39, 0.29) is 11.2 Å². The lowest BCUT2D eigenvalue weighted by atomic mass is 10.0. The van der Waals surface area contributed by atoms with Crippen LogP contribution in [0, 0.1) is 0 Å². The number of H-pyrrole nitrogens is 1. The summed E-state index contributed by atoms with van der Waals surface area (Å²) in [4.78, 5) is 24.9. The molecular weight excluding hydrogens is 436 g/mol. The lowest BCUT2D eigenvalue weighted by molar-refractivity contribution is -0.115. The van der Waals surface area contributed by atoms with Gasteiger partial charge in [0.05, 0.1) is 30.9 Å². The van der Waals surface area contributed by atoms with E-state index in [1.807, 2.05) is 55.5 Å². The molecule has 2 aromatic carbocycles. The Morgan fingerprint density at radius 2 is 1.48 bits per heavy atom. The maximum absolute atomic E-state index is 12.7. The van der Waals surface area contributed by atoms with Gasteiger partial charge in [0.1, 0.15) is 11.5 Å². The van der Waals surface area contributed by atoms with Crippen LogP contribution in [0.25, 0.3) is 22.5 Å². The van der Waals surface area contributed by atoms with E-state index in [4.69, 9.17) is 14.5 Å². The molecule has 0 bridgehead atoms. The van der Waals surface area contributed by atoms with Crippen LogP contribution in [-0.2, 0) is 4.79 Å². The second-order valence-corrected chi connectivity index (χ2v) is 8.54. The Labute approximate surface area is 196 Å². The Bertz CT molecular complexity index is 1140. The van der Waals surface area contributed by atoms with E-state index in [0.717, 1.165) is 34.0 Å². The number of hydrogen-bond donors (Lipinski definition) is 2. The number of methoxy groups -OCH3 is 2. The van der Waals surface area contributed by atoms with E-state index in [0.29, 0.717) is 10.8 Å². The zero-order valence-electron chi connectivity index (χ0n) is 18.5. The number of hydrogen-bond acceptors (Lipinski definition) is 6. The minimum absolute atomic E-state index is 0.111. The van der Waals surface area contributed by atoms with E-state index in [1.54, 1.807) is 38.7 Å². The number of ether oxygens (including phenoxy) is 2. The first-order chi connectivity index (χ1) is 16.1. The molecule has 0 fully saturated rings. The van der Waals surface area contributed by atoms with Gasteiger partial charge in [0, 0.05) is 29.2 Å². The molecule has 4 aromatic rings. The minimum atomic E-state index is -0.364. The van der Waals surface area contributed by atoms with E-state index >= 15 is 0 Å². The summed E-state index contributed by atoms with van der Waals surface area (Å²) in [7, 11) is 3.28. The van der Waals surface area contributed by atoms with Crippen molar-refractivity contribution in [1.29, 1.82) is 0 Å². The Hall–Kier alpha value is -3.78. The molecule has 0 spiro atoms. The van der Waals surface area contributed by atoms with Crippen molar-refractivity contribution < 1.29 is 14.3 Å². The van der Waals surface area contributed by atoms with Gasteiger partial charge >= 0.3 is 0 Å². The van der Waals surface area contributed by atoms with Gasteiger partial charge in [-0.2, -0.15) is 0 Å². The Kier molecular flexibility index (Phi) is 6.95. The lowest BCUT2D eigenvalue weighted by Crippen LogP contribution is -2.22. The monoisotopic (exact) mass is 460 g/mol. The third kappa shape index (κ3) is 5.35. The molecule has 2 aromatic heterocycles. The Balaban J connectivity index is 1.62. The number of anilines is 1. The minimum Gasteiger partial charge on any atom is -0.497 e. The number of carbonyl (C=O) groups excluding carboxylic acids is 1. The van der Waals surface area contributed by atoms with Crippen LogP contribution in [0.1, 0.15) is 6.92 Å². The highest BCUT2D eigenvalue weighted by Crippen LogP contribution is 2.35. The van der Waals surface area contributed by atoms with Gasteiger partial charge in [-0.3, -0.25) is 9.78 Å². The SMILES string of the molecule is COc1ccc(-c2nc(SC(C)C(=O)Nc3ccncc3)[nH]c2-c2ccc(OC)cc2)cc1. The molecule has 0 saturated carbocycles. The number of carbonyl (C=O) groups is 1. The largest absolute Gasteiger partial charge is 0.497 e. The first kappa shape index (κ1) is 22.4. The fourth-order valence-corrected chi connectivity index (χ4v) is 4.04. The summed E-state index contributed by atoms with van der Waals surface area (Å²) >= 11 is 1.37. The molecular formula is C25H24N4O3S. The van der Waals surface area contributed by atoms with Crippen LogP contribution in [0.4, 0.5) is 5.69 Å². The number of nitrogens with one attached hydrogen (secondary N) is 2. The number of amides is 1. The first-order valence-corrected chi connectivity index (χ1v) is 11.2. The van der Waals surface area contributed by atoms with Crippen molar-refractivity contribution in [1.82, 2.24) is 15.0 Å². The van der Waals surface area contributed by atoms with Crippen molar-refractivity contribution >= 4 is 23.4 Å². The molecule has 168 valence electrons. The van der Waals surface area contributed by atoms with Crippen molar-refractivity contribution in [2.45, 2.75) is 17.3 Å². The topological polar surface area (TPSA) is 89.1 Å². The molecule has 2 heterocycles. The molecule has 1 amide bonds. The van der Waals surface area contributed by atoms with E-state index in [9.17, 15) is 4.79 Å². The van der Waals surface area contributed by atoms with Gasteiger partial charge in [-0.15, -0.1) is 0 Å². The van der Waals surface area contributed by atoms with Crippen molar-refractivity contribution in [3.05, 3.63) is 73.1 Å². The van der Waals surface area contributed by atoms with Crippen molar-refractivity contribution in [2.24, 2.45) is 0 Å². The van der Waals surface area contributed by atoms with E-state index in [2.05, 4.69) is 15.3 Å². The van der Waals surface area contributed by atoms with Crippen LogP contribution in [0.5, 0.6) is 11.5 Å². The van der Waals surface area contributed by atoms with E-state index in [1.165, 1.54) is 11.8 Å². The number of pyridine rings is 1. The second-order valence-electron chi connectivity index (χ2n) is 7.21. The third-order valence-corrected chi connectivity index (χ3v) is 6.01. The third-order valence-electron chi connectivity index (χ3n) is 5.03. The highest BCUT2D eigenvalue weighted by Gasteiger charge is 2.20. The molecule has 4 rings (SSSR count). The maximum Gasteiger partial charge on any atom is 0.237 e. The quantitative estimate of drug-likeness (QED) is 0.348. The summed E-state index contributed by atoms with van der Waals surface area (Å²) in [6.07, 6.45) is 3.28. The Morgan fingerprint density at radius 1 is 0.909 bits per heavy atom. The summed E-state index contributed by atoms with van der Waals surface area (Å²) in [5, 5.41) is 3.20. The molecule has 1 unspecified atom stereocenters. The predicted octanol–water partition coefficient (Wildman–Crippen LogP) is 5.28. The number of aromatic nitrogens is 3. The van der Waals surface area contributed by atoms with Gasteiger partial charge < -0.3 is 19.8 Å². The second kappa shape index (κ2) is 10.2. The molecule has 2 N–H and O–H groups in total. The van der Waals surface area contributed by atoms with Gasteiger partial charge in [-0.05, 0) is 67.6 Å². The maximum atomic E-state index is 12.7. The molecule has 7 nitrogen and oxygen atoms in total. The molecule has 0 radical (unpaired) electrons. The predicted molar refractivity (Wildman–Crippen MR) is 131 cm³/mol. The number of imidazole rings is 1. The smallest absolute Gasteiger partial charge is 0.237 e. The first-order valence-electron chi connectivity index (χ1n) is 10.3.